The van der Waals surface area contributed by atoms with Crippen molar-refractivity contribution in [2.45, 2.75) is 64.3 Å². The van der Waals surface area contributed by atoms with Crippen molar-refractivity contribution in [3.63, 3.8) is 0 Å². The van der Waals surface area contributed by atoms with Gasteiger partial charge in [-0.2, -0.15) is 0 Å². The lowest BCUT2D eigenvalue weighted by Crippen LogP contribution is -2.60. The molecule has 0 amide bonds. The highest BCUT2D eigenvalue weighted by molar-refractivity contribution is 4.97. The van der Waals surface area contributed by atoms with Gasteiger partial charge < -0.3 is 10.5 Å². The quantitative estimate of drug-likeness (QED) is 0.776. The Morgan fingerprint density at radius 1 is 1.33 bits per heavy atom. The van der Waals surface area contributed by atoms with Crippen LogP contribution in [0.2, 0.25) is 0 Å². The van der Waals surface area contributed by atoms with Gasteiger partial charge in [0.1, 0.15) is 0 Å². The van der Waals surface area contributed by atoms with Crippen LogP contribution in [0.5, 0.6) is 0 Å². The zero-order chi connectivity index (χ0) is 11.6. The molecular weight excluding hydrogens is 188 g/mol. The molecule has 2 atom stereocenters. The Balaban J connectivity index is 2.82. The van der Waals surface area contributed by atoms with Gasteiger partial charge in [-0.25, -0.2) is 0 Å². The summed E-state index contributed by atoms with van der Waals surface area (Å²) in [4.78, 5) is 2.42. The number of nitrogens with zero attached hydrogens (tertiary/aromatic N) is 1. The minimum atomic E-state index is 0.130. The molecule has 1 aliphatic rings. The summed E-state index contributed by atoms with van der Waals surface area (Å²) in [5.41, 5.74) is 6.13. The summed E-state index contributed by atoms with van der Waals surface area (Å²) in [7, 11) is 2.18. The molecule has 2 N–H and O–H groups in total. The normalized spacial score (nSPS) is 37.6. The zero-order valence-corrected chi connectivity index (χ0v) is 10.8. The van der Waals surface area contributed by atoms with Gasteiger partial charge in [0.05, 0.1) is 12.2 Å². The maximum absolute atomic E-state index is 6.00. The molecule has 0 spiro atoms. The van der Waals surface area contributed by atoms with Gasteiger partial charge in [0, 0.05) is 18.1 Å². The molecule has 1 aliphatic heterocycles. The maximum atomic E-state index is 6.00. The maximum Gasteiger partial charge on any atom is 0.0568 e. The van der Waals surface area contributed by atoms with Crippen LogP contribution in [0.3, 0.4) is 0 Å². The minimum Gasteiger partial charge on any atom is -0.375 e. The fourth-order valence-corrected chi connectivity index (χ4v) is 2.79. The summed E-state index contributed by atoms with van der Waals surface area (Å²) in [6, 6.07) is 0.533. The van der Waals surface area contributed by atoms with E-state index in [0.717, 1.165) is 19.4 Å². The van der Waals surface area contributed by atoms with Gasteiger partial charge in [0.25, 0.3) is 0 Å². The third-order valence-corrected chi connectivity index (χ3v) is 3.70. The highest BCUT2D eigenvalue weighted by Crippen LogP contribution is 2.33. The van der Waals surface area contributed by atoms with Crippen molar-refractivity contribution in [1.29, 1.82) is 0 Å². The van der Waals surface area contributed by atoms with Gasteiger partial charge in [0.2, 0.25) is 0 Å². The van der Waals surface area contributed by atoms with E-state index in [4.69, 9.17) is 10.5 Å². The van der Waals surface area contributed by atoms with Crippen LogP contribution in [-0.4, -0.2) is 42.3 Å². The number of rotatable bonds is 3. The summed E-state index contributed by atoms with van der Waals surface area (Å²) in [6.07, 6.45) is 2.72. The third-order valence-electron chi connectivity index (χ3n) is 3.70. The van der Waals surface area contributed by atoms with Crippen molar-refractivity contribution >= 4 is 0 Å². The van der Waals surface area contributed by atoms with Crippen LogP contribution in [0.25, 0.3) is 0 Å². The molecule has 0 aromatic carbocycles. The Kier molecular flexibility index (Phi) is 4.15. The first-order valence-corrected chi connectivity index (χ1v) is 6.00. The number of ether oxygens (including phenoxy) is 1. The molecule has 1 fully saturated rings. The smallest absolute Gasteiger partial charge is 0.0568 e. The SMILES string of the molecule is CC1CC(CN)(N(C)C(C)C)CC(C)O1. The molecule has 0 radical (unpaired) electrons. The highest BCUT2D eigenvalue weighted by atomic mass is 16.5. The van der Waals surface area contributed by atoms with Crippen LogP contribution in [-0.2, 0) is 4.74 Å². The molecule has 0 aliphatic carbocycles. The summed E-state index contributed by atoms with van der Waals surface area (Å²) >= 11 is 0. The summed E-state index contributed by atoms with van der Waals surface area (Å²) in [6.45, 7) is 9.46. The van der Waals surface area contributed by atoms with E-state index in [1.807, 2.05) is 0 Å². The molecule has 1 saturated heterocycles. The van der Waals surface area contributed by atoms with Crippen molar-refractivity contribution in [3.05, 3.63) is 0 Å². The van der Waals surface area contributed by atoms with Gasteiger partial charge in [0.15, 0.2) is 0 Å². The standard InChI is InChI=1S/C12H26N2O/c1-9(2)14(5)12(8-13)6-10(3)15-11(4)7-12/h9-11H,6-8,13H2,1-5H3. The van der Waals surface area contributed by atoms with E-state index >= 15 is 0 Å². The molecule has 3 heteroatoms. The summed E-state index contributed by atoms with van der Waals surface area (Å²) in [5.74, 6) is 0. The first kappa shape index (κ1) is 12.9. The van der Waals surface area contributed by atoms with E-state index < -0.39 is 0 Å². The number of nitrogens with two attached hydrogens (primary N) is 1. The molecule has 0 aromatic rings. The lowest BCUT2D eigenvalue weighted by Gasteiger charge is -2.49. The van der Waals surface area contributed by atoms with Crippen LogP contribution in [0.1, 0.15) is 40.5 Å². The Morgan fingerprint density at radius 2 is 1.80 bits per heavy atom. The van der Waals surface area contributed by atoms with Crippen LogP contribution >= 0.6 is 0 Å². The molecule has 15 heavy (non-hydrogen) atoms. The third kappa shape index (κ3) is 2.71. The molecule has 90 valence electrons. The predicted molar refractivity (Wildman–Crippen MR) is 63.9 cm³/mol. The van der Waals surface area contributed by atoms with Crippen molar-refractivity contribution in [3.8, 4) is 0 Å². The highest BCUT2D eigenvalue weighted by Gasteiger charge is 2.41. The lowest BCUT2D eigenvalue weighted by atomic mass is 9.82. The molecule has 0 bridgehead atoms. The van der Waals surface area contributed by atoms with Gasteiger partial charge in [-0.05, 0) is 47.6 Å². The number of likely N-dealkylation sites (N-methyl/N-ethyl adjacent to an activating group) is 1. The predicted octanol–water partition coefficient (Wildman–Crippen LogP) is 1.61. The number of hydrogen-bond acceptors (Lipinski definition) is 3. The molecule has 0 saturated carbocycles. The topological polar surface area (TPSA) is 38.5 Å². The lowest BCUT2D eigenvalue weighted by molar-refractivity contribution is -0.103. The van der Waals surface area contributed by atoms with Crippen LogP contribution in [0, 0.1) is 0 Å². The average Bonchev–Trinajstić information content (AvgIpc) is 2.14. The monoisotopic (exact) mass is 214 g/mol. The number of hydrogen-bond donors (Lipinski definition) is 1. The first-order chi connectivity index (χ1) is 6.91. The average molecular weight is 214 g/mol. The van der Waals surface area contributed by atoms with Crippen LogP contribution in [0.15, 0.2) is 0 Å². The van der Waals surface area contributed by atoms with E-state index in [0.29, 0.717) is 18.2 Å². The van der Waals surface area contributed by atoms with Gasteiger partial charge in [-0.3, -0.25) is 4.90 Å². The van der Waals surface area contributed by atoms with E-state index in [2.05, 4.69) is 39.6 Å². The largest absolute Gasteiger partial charge is 0.375 e. The molecule has 1 heterocycles. The van der Waals surface area contributed by atoms with Crippen molar-refractivity contribution < 1.29 is 4.74 Å². The molecule has 1 rings (SSSR count). The van der Waals surface area contributed by atoms with Crippen molar-refractivity contribution in [2.75, 3.05) is 13.6 Å². The molecule has 3 nitrogen and oxygen atoms in total. The van der Waals surface area contributed by atoms with Crippen molar-refractivity contribution in [2.24, 2.45) is 5.73 Å². The Morgan fingerprint density at radius 3 is 2.13 bits per heavy atom. The Labute approximate surface area is 94.0 Å². The summed E-state index contributed by atoms with van der Waals surface area (Å²) in [5, 5.41) is 0. The van der Waals surface area contributed by atoms with Gasteiger partial charge >= 0.3 is 0 Å². The van der Waals surface area contributed by atoms with Crippen molar-refractivity contribution in [1.82, 2.24) is 4.90 Å². The second kappa shape index (κ2) is 4.81. The minimum absolute atomic E-state index is 0.130. The molecule has 0 aromatic heterocycles. The van der Waals surface area contributed by atoms with E-state index in [1.54, 1.807) is 0 Å². The second-order valence-electron chi connectivity index (χ2n) is 5.30. The molecule has 2 unspecified atom stereocenters. The van der Waals surface area contributed by atoms with Gasteiger partial charge in [-0.15, -0.1) is 0 Å². The Hall–Kier alpha value is -0.120. The van der Waals surface area contributed by atoms with Gasteiger partial charge in [-0.1, -0.05) is 0 Å². The second-order valence-corrected chi connectivity index (χ2v) is 5.30. The fraction of sp³-hybridized carbons (Fsp3) is 1.00. The molecular formula is C12H26N2O. The van der Waals surface area contributed by atoms with E-state index in [1.165, 1.54) is 0 Å². The van der Waals surface area contributed by atoms with E-state index in [-0.39, 0.29) is 5.54 Å². The summed E-state index contributed by atoms with van der Waals surface area (Å²) < 4.78 is 5.79. The first-order valence-electron chi connectivity index (χ1n) is 6.00. The van der Waals surface area contributed by atoms with E-state index in [9.17, 15) is 0 Å². The van der Waals surface area contributed by atoms with Crippen LogP contribution < -0.4 is 5.73 Å². The fourth-order valence-electron chi connectivity index (χ4n) is 2.79. The Bertz CT molecular complexity index is 196. The zero-order valence-electron chi connectivity index (χ0n) is 10.8. The van der Waals surface area contributed by atoms with Crippen LogP contribution in [0.4, 0.5) is 0 Å².